The second-order valence-corrected chi connectivity index (χ2v) is 6.11. The third-order valence-corrected chi connectivity index (χ3v) is 4.48. The molecule has 1 unspecified atom stereocenters. The Morgan fingerprint density at radius 1 is 0.958 bits per heavy atom. The molecule has 0 aliphatic carbocycles. The van der Waals surface area contributed by atoms with Crippen molar-refractivity contribution in [3.8, 4) is 24.2 Å². The van der Waals surface area contributed by atoms with E-state index in [0.717, 1.165) is 38.6 Å². The summed E-state index contributed by atoms with van der Waals surface area (Å²) in [7, 11) is 0. The number of para-hydroxylation sites is 1. The number of rotatable bonds is 4. The molecule has 0 fully saturated rings. The summed E-state index contributed by atoms with van der Waals surface area (Å²) in [6.07, 6.45) is 10.3. The van der Waals surface area contributed by atoms with Crippen LogP contribution in [-0.4, -0.2) is 6.54 Å². The maximum Gasteiger partial charge on any atom is 0.116 e. The van der Waals surface area contributed by atoms with E-state index in [0.29, 0.717) is 0 Å². The normalized spacial score (nSPS) is 15.8. The molecule has 1 heteroatoms. The van der Waals surface area contributed by atoms with E-state index < -0.39 is 0 Å². The minimum Gasteiger partial charge on any atom is -0.353 e. The molecule has 24 heavy (non-hydrogen) atoms. The molecule has 0 amide bonds. The first-order valence-electron chi connectivity index (χ1n) is 8.71. The van der Waals surface area contributed by atoms with Crippen LogP contribution in [0.4, 0.5) is 5.69 Å². The first-order valence-corrected chi connectivity index (χ1v) is 8.71. The molecule has 2 aromatic carbocycles. The molecule has 0 radical (unpaired) electrons. The molecule has 1 heterocycles. The third-order valence-electron chi connectivity index (χ3n) is 4.48. The van der Waals surface area contributed by atoms with E-state index in [1.807, 2.05) is 0 Å². The molecule has 3 rings (SSSR count). The summed E-state index contributed by atoms with van der Waals surface area (Å²) in [6.45, 7) is 1.01. The zero-order valence-corrected chi connectivity index (χ0v) is 14.0. The van der Waals surface area contributed by atoms with Crippen molar-refractivity contribution >= 4 is 5.69 Å². The number of benzene rings is 2. The standard InChI is InChI=1S/C23H23N/c1-2-3-4-5-6-10-17-23-22-16-12-11-13-20(22)18-19-24(23)21-14-8-7-9-15-21/h1,7-9,11-16,23H,3-6,18-19H2. The van der Waals surface area contributed by atoms with Crippen molar-refractivity contribution in [1.29, 1.82) is 0 Å². The van der Waals surface area contributed by atoms with E-state index in [1.165, 1.54) is 16.8 Å². The summed E-state index contributed by atoms with van der Waals surface area (Å²) in [5.74, 6) is 9.62. The zero-order valence-electron chi connectivity index (χ0n) is 14.0. The average Bonchev–Trinajstić information content (AvgIpc) is 2.65. The van der Waals surface area contributed by atoms with Crippen LogP contribution < -0.4 is 4.90 Å². The fourth-order valence-electron chi connectivity index (χ4n) is 3.23. The van der Waals surface area contributed by atoms with Crippen LogP contribution in [-0.2, 0) is 6.42 Å². The lowest BCUT2D eigenvalue weighted by atomic mass is 9.92. The summed E-state index contributed by atoms with van der Waals surface area (Å²) in [5.41, 5.74) is 4.03. The van der Waals surface area contributed by atoms with Crippen LogP contribution in [0.25, 0.3) is 0 Å². The van der Waals surface area contributed by atoms with Gasteiger partial charge in [0.1, 0.15) is 6.04 Å². The van der Waals surface area contributed by atoms with Crippen molar-refractivity contribution in [3.05, 3.63) is 65.7 Å². The average molecular weight is 313 g/mol. The van der Waals surface area contributed by atoms with Gasteiger partial charge in [-0.2, -0.15) is 0 Å². The molecule has 0 aromatic heterocycles. The second kappa shape index (κ2) is 8.28. The number of hydrogen-bond acceptors (Lipinski definition) is 1. The largest absolute Gasteiger partial charge is 0.353 e. The van der Waals surface area contributed by atoms with Gasteiger partial charge in [-0.05, 0) is 42.5 Å². The number of hydrogen-bond donors (Lipinski definition) is 0. The summed E-state index contributed by atoms with van der Waals surface area (Å²) in [5, 5.41) is 0. The molecule has 0 N–H and O–H groups in total. The summed E-state index contributed by atoms with van der Waals surface area (Å²) < 4.78 is 0. The Bertz CT molecular complexity index is 758. The van der Waals surface area contributed by atoms with Crippen LogP contribution in [0.3, 0.4) is 0 Å². The van der Waals surface area contributed by atoms with Gasteiger partial charge in [0.05, 0.1) is 0 Å². The fourth-order valence-corrected chi connectivity index (χ4v) is 3.23. The van der Waals surface area contributed by atoms with Crippen molar-refractivity contribution in [2.75, 3.05) is 11.4 Å². The van der Waals surface area contributed by atoms with Gasteiger partial charge in [0.2, 0.25) is 0 Å². The molecular formula is C23H23N. The fraction of sp³-hybridized carbons (Fsp3) is 0.304. The van der Waals surface area contributed by atoms with E-state index in [2.05, 4.69) is 77.3 Å². The number of anilines is 1. The first-order chi connectivity index (χ1) is 11.9. The smallest absolute Gasteiger partial charge is 0.116 e. The van der Waals surface area contributed by atoms with Crippen LogP contribution in [0.2, 0.25) is 0 Å². The highest BCUT2D eigenvalue weighted by Gasteiger charge is 2.25. The Kier molecular flexibility index (Phi) is 5.60. The second-order valence-electron chi connectivity index (χ2n) is 6.11. The van der Waals surface area contributed by atoms with Gasteiger partial charge >= 0.3 is 0 Å². The highest BCUT2D eigenvalue weighted by Crippen LogP contribution is 2.33. The van der Waals surface area contributed by atoms with Crippen molar-refractivity contribution < 1.29 is 0 Å². The van der Waals surface area contributed by atoms with Crippen LogP contribution in [0.1, 0.15) is 42.9 Å². The predicted octanol–water partition coefficient (Wildman–Crippen LogP) is 4.99. The van der Waals surface area contributed by atoms with Crippen LogP contribution in [0.15, 0.2) is 54.6 Å². The Balaban J connectivity index is 1.82. The van der Waals surface area contributed by atoms with Gasteiger partial charge in [0.25, 0.3) is 0 Å². The topological polar surface area (TPSA) is 3.24 Å². The maximum atomic E-state index is 5.30. The highest BCUT2D eigenvalue weighted by atomic mass is 15.2. The van der Waals surface area contributed by atoms with E-state index in [1.54, 1.807) is 0 Å². The van der Waals surface area contributed by atoms with Gasteiger partial charge in [-0.15, -0.1) is 18.3 Å². The number of fused-ring (bicyclic) bond motifs is 1. The molecule has 1 aliphatic rings. The van der Waals surface area contributed by atoms with Crippen LogP contribution in [0, 0.1) is 24.2 Å². The van der Waals surface area contributed by atoms with E-state index in [-0.39, 0.29) is 6.04 Å². The summed E-state index contributed by atoms with van der Waals surface area (Å²) in [4.78, 5) is 2.43. The Morgan fingerprint density at radius 3 is 2.54 bits per heavy atom. The number of unbranched alkanes of at least 4 members (excludes halogenated alkanes) is 3. The lowest BCUT2D eigenvalue weighted by Crippen LogP contribution is -2.34. The van der Waals surface area contributed by atoms with Gasteiger partial charge < -0.3 is 4.90 Å². The molecule has 0 bridgehead atoms. The SMILES string of the molecule is C#CCCCCC#CC1c2ccccc2CCN1c1ccccc1. The van der Waals surface area contributed by atoms with Gasteiger partial charge in [-0.25, -0.2) is 0 Å². The number of nitrogens with zero attached hydrogens (tertiary/aromatic N) is 1. The molecule has 0 saturated heterocycles. The van der Waals surface area contributed by atoms with E-state index in [4.69, 9.17) is 6.42 Å². The minimum atomic E-state index is 0.144. The molecule has 0 saturated carbocycles. The van der Waals surface area contributed by atoms with Crippen LogP contribution in [0.5, 0.6) is 0 Å². The van der Waals surface area contributed by atoms with Gasteiger partial charge in [0.15, 0.2) is 0 Å². The lowest BCUT2D eigenvalue weighted by Gasteiger charge is -2.36. The van der Waals surface area contributed by atoms with Gasteiger partial charge in [-0.3, -0.25) is 0 Å². The van der Waals surface area contributed by atoms with E-state index >= 15 is 0 Å². The molecule has 2 aromatic rings. The molecule has 1 atom stereocenters. The molecular weight excluding hydrogens is 290 g/mol. The number of terminal acetylenes is 1. The molecule has 1 nitrogen and oxygen atoms in total. The van der Waals surface area contributed by atoms with Crippen molar-refractivity contribution in [2.24, 2.45) is 0 Å². The molecule has 1 aliphatic heterocycles. The van der Waals surface area contributed by atoms with Crippen LogP contribution >= 0.6 is 0 Å². The molecule has 120 valence electrons. The molecule has 0 spiro atoms. The van der Waals surface area contributed by atoms with E-state index in [9.17, 15) is 0 Å². The van der Waals surface area contributed by atoms with Crippen molar-refractivity contribution in [3.63, 3.8) is 0 Å². The Morgan fingerprint density at radius 2 is 1.71 bits per heavy atom. The van der Waals surface area contributed by atoms with Crippen molar-refractivity contribution in [1.82, 2.24) is 0 Å². The van der Waals surface area contributed by atoms with Gasteiger partial charge in [-0.1, -0.05) is 48.4 Å². The first kappa shape index (κ1) is 16.2. The third kappa shape index (κ3) is 3.81. The maximum absolute atomic E-state index is 5.30. The Hall–Kier alpha value is -2.64. The summed E-state index contributed by atoms with van der Waals surface area (Å²) >= 11 is 0. The minimum absolute atomic E-state index is 0.144. The monoisotopic (exact) mass is 313 g/mol. The predicted molar refractivity (Wildman–Crippen MR) is 102 cm³/mol. The zero-order chi connectivity index (χ0) is 16.6. The highest BCUT2D eigenvalue weighted by molar-refractivity contribution is 5.55. The quantitative estimate of drug-likeness (QED) is 0.568. The van der Waals surface area contributed by atoms with Gasteiger partial charge in [0, 0.05) is 25.1 Å². The lowest BCUT2D eigenvalue weighted by molar-refractivity contribution is 0.680. The summed E-state index contributed by atoms with van der Waals surface area (Å²) in [6, 6.07) is 19.5. The van der Waals surface area contributed by atoms with Crippen molar-refractivity contribution in [2.45, 2.75) is 38.1 Å². The Labute approximate surface area is 145 Å².